The molecular formula is C68H47N3. The van der Waals surface area contributed by atoms with Crippen LogP contribution in [-0.2, 0) is 0 Å². The molecular weight excluding hydrogens is 859 g/mol. The fourth-order valence-corrected chi connectivity index (χ4v) is 10.6. The van der Waals surface area contributed by atoms with E-state index in [0.29, 0.717) is 0 Å². The van der Waals surface area contributed by atoms with Crippen molar-refractivity contribution >= 4 is 49.9 Å². The summed E-state index contributed by atoms with van der Waals surface area (Å²) in [6.07, 6.45) is 0. The molecule has 0 fully saturated rings. The summed E-state index contributed by atoms with van der Waals surface area (Å²) in [5, 5.41) is 3.74. The van der Waals surface area contributed by atoms with Gasteiger partial charge in [0.2, 0.25) is 0 Å². The molecule has 3 nitrogen and oxygen atoms in total. The molecule has 2 heterocycles. The van der Waals surface area contributed by atoms with E-state index in [4.69, 9.17) is 0 Å². The smallest absolute Gasteiger partial charge is 0.131 e. The number of fused-ring (bicyclic) bond motifs is 5. The van der Waals surface area contributed by atoms with Gasteiger partial charge in [-0.15, -0.1) is 0 Å². The zero-order chi connectivity index (χ0) is 47.1. The Kier molecular flexibility index (Phi) is 10.5. The summed E-state index contributed by atoms with van der Waals surface area (Å²) in [5.41, 5.74) is 21.0. The van der Waals surface area contributed by atoms with Crippen molar-refractivity contribution in [2.75, 3.05) is 4.90 Å². The Hall–Kier alpha value is -9.44. The predicted octanol–water partition coefficient (Wildman–Crippen LogP) is 18.5. The summed E-state index contributed by atoms with van der Waals surface area (Å²) in [7, 11) is 0. The Morgan fingerprint density at radius 2 is 0.563 bits per heavy atom. The zero-order valence-electron chi connectivity index (χ0n) is 39.0. The summed E-state index contributed by atoms with van der Waals surface area (Å²) >= 11 is 0. The second kappa shape index (κ2) is 17.9. The maximum atomic E-state index is 2.44. The van der Waals surface area contributed by atoms with Crippen molar-refractivity contribution in [3.05, 3.63) is 285 Å². The van der Waals surface area contributed by atoms with Gasteiger partial charge in [-0.25, -0.2) is 0 Å². The van der Waals surface area contributed by atoms with Crippen LogP contribution in [-0.4, -0.2) is 9.13 Å². The van der Waals surface area contributed by atoms with Crippen molar-refractivity contribution in [2.24, 2.45) is 0 Å². The summed E-state index contributed by atoms with van der Waals surface area (Å²) in [4.78, 5) is 2.35. The van der Waals surface area contributed by atoms with E-state index in [1.165, 1.54) is 77.3 Å². The lowest BCUT2D eigenvalue weighted by atomic mass is 9.94. The summed E-state index contributed by atoms with van der Waals surface area (Å²) in [6, 6.07) is 103. The minimum Gasteiger partial charge on any atom is -0.311 e. The molecule has 13 aromatic rings. The quantitative estimate of drug-likeness (QED) is 0.133. The highest BCUT2D eigenvalue weighted by Crippen LogP contribution is 2.45. The molecule has 2 aromatic heterocycles. The van der Waals surface area contributed by atoms with E-state index in [1.54, 1.807) is 0 Å². The molecule has 11 aromatic carbocycles. The molecule has 0 N–H and O–H groups in total. The largest absolute Gasteiger partial charge is 0.311 e. The maximum Gasteiger partial charge on any atom is 0.131 e. The lowest BCUT2D eigenvalue weighted by Crippen LogP contribution is -2.09. The van der Waals surface area contributed by atoms with Crippen molar-refractivity contribution in [3.63, 3.8) is 0 Å². The summed E-state index contributed by atoms with van der Waals surface area (Å²) < 4.78 is 4.87. The first-order chi connectivity index (χ1) is 35.2. The average molecular weight is 906 g/mol. The molecule has 0 saturated carbocycles. The Morgan fingerprint density at radius 3 is 1.10 bits per heavy atom. The van der Waals surface area contributed by atoms with Crippen LogP contribution in [0.4, 0.5) is 17.1 Å². The van der Waals surface area contributed by atoms with Crippen molar-refractivity contribution in [2.45, 2.75) is 0 Å². The van der Waals surface area contributed by atoms with Crippen LogP contribution in [0.2, 0.25) is 0 Å². The number of anilines is 3. The number of rotatable bonds is 10. The Morgan fingerprint density at radius 1 is 0.225 bits per heavy atom. The first-order valence-corrected chi connectivity index (χ1v) is 24.3. The molecule has 0 radical (unpaired) electrons. The van der Waals surface area contributed by atoms with Gasteiger partial charge in [0.05, 0.1) is 11.0 Å². The van der Waals surface area contributed by atoms with E-state index >= 15 is 0 Å². The molecule has 0 atom stereocenters. The fourth-order valence-electron chi connectivity index (χ4n) is 10.6. The van der Waals surface area contributed by atoms with Crippen LogP contribution in [0, 0.1) is 0 Å². The second-order valence-electron chi connectivity index (χ2n) is 18.1. The SMILES string of the molecule is c1ccc(-c2ccc(N(c3ccc(-c4ccc(-c5cccc6c5c5c7ccccc7n(-c7ccccc7)c5n6-c5ccccc5)cc4)cc3)c3ccc(-c4ccccc4-c4ccccc4)cc3)cc2)cc1. The van der Waals surface area contributed by atoms with Crippen molar-refractivity contribution in [3.8, 4) is 67.0 Å². The van der Waals surface area contributed by atoms with E-state index < -0.39 is 0 Å². The lowest BCUT2D eigenvalue weighted by molar-refractivity contribution is 1.07. The topological polar surface area (TPSA) is 13.1 Å². The van der Waals surface area contributed by atoms with Gasteiger partial charge in [0, 0.05) is 44.6 Å². The molecule has 334 valence electrons. The van der Waals surface area contributed by atoms with Gasteiger partial charge < -0.3 is 4.90 Å². The summed E-state index contributed by atoms with van der Waals surface area (Å²) in [5.74, 6) is 0. The molecule has 0 bridgehead atoms. The normalized spacial score (nSPS) is 11.4. The van der Waals surface area contributed by atoms with Gasteiger partial charge >= 0.3 is 0 Å². The third-order valence-corrected chi connectivity index (χ3v) is 14.0. The Bertz CT molecular complexity index is 3970. The van der Waals surface area contributed by atoms with Crippen LogP contribution >= 0.6 is 0 Å². The number of hydrogen-bond donors (Lipinski definition) is 0. The van der Waals surface area contributed by atoms with Crippen LogP contribution < -0.4 is 4.90 Å². The highest BCUT2D eigenvalue weighted by atomic mass is 15.1. The van der Waals surface area contributed by atoms with Crippen LogP contribution in [0.1, 0.15) is 0 Å². The molecule has 13 rings (SSSR count). The van der Waals surface area contributed by atoms with E-state index in [0.717, 1.165) is 39.6 Å². The highest BCUT2D eigenvalue weighted by Gasteiger charge is 2.24. The van der Waals surface area contributed by atoms with E-state index in [-0.39, 0.29) is 0 Å². The van der Waals surface area contributed by atoms with Crippen molar-refractivity contribution < 1.29 is 0 Å². The molecule has 0 aliphatic carbocycles. The second-order valence-corrected chi connectivity index (χ2v) is 18.1. The Labute approximate surface area is 414 Å². The minimum atomic E-state index is 1.09. The zero-order valence-corrected chi connectivity index (χ0v) is 39.0. The fraction of sp³-hybridized carbons (Fsp3) is 0. The predicted molar refractivity (Wildman–Crippen MR) is 299 cm³/mol. The van der Waals surface area contributed by atoms with Crippen LogP contribution in [0.15, 0.2) is 285 Å². The van der Waals surface area contributed by atoms with E-state index in [1.807, 2.05) is 0 Å². The number of para-hydroxylation sites is 3. The first-order valence-electron chi connectivity index (χ1n) is 24.3. The van der Waals surface area contributed by atoms with Gasteiger partial charge in [0.25, 0.3) is 0 Å². The highest BCUT2D eigenvalue weighted by molar-refractivity contribution is 6.26. The van der Waals surface area contributed by atoms with Crippen molar-refractivity contribution in [1.29, 1.82) is 0 Å². The van der Waals surface area contributed by atoms with Crippen LogP contribution in [0.3, 0.4) is 0 Å². The minimum absolute atomic E-state index is 1.09. The third-order valence-electron chi connectivity index (χ3n) is 14.0. The molecule has 3 heteroatoms. The summed E-state index contributed by atoms with van der Waals surface area (Å²) in [6.45, 7) is 0. The number of hydrogen-bond acceptors (Lipinski definition) is 1. The van der Waals surface area contributed by atoms with Gasteiger partial charge in [-0.05, 0) is 128 Å². The lowest BCUT2D eigenvalue weighted by Gasteiger charge is -2.26. The molecule has 71 heavy (non-hydrogen) atoms. The van der Waals surface area contributed by atoms with Crippen molar-refractivity contribution in [1.82, 2.24) is 9.13 Å². The molecule has 0 amide bonds. The number of benzene rings is 11. The Balaban J connectivity index is 0.875. The number of aromatic nitrogens is 2. The molecule has 0 spiro atoms. The molecule has 0 unspecified atom stereocenters. The van der Waals surface area contributed by atoms with Gasteiger partial charge in [-0.2, -0.15) is 0 Å². The van der Waals surface area contributed by atoms with Gasteiger partial charge in [-0.1, -0.05) is 212 Å². The molecule has 0 saturated heterocycles. The first kappa shape index (κ1) is 41.7. The van der Waals surface area contributed by atoms with Gasteiger partial charge in [0.15, 0.2) is 0 Å². The van der Waals surface area contributed by atoms with Gasteiger partial charge in [0.1, 0.15) is 5.65 Å². The number of nitrogens with zero attached hydrogens (tertiary/aromatic N) is 3. The standard InChI is InChI=1S/C68H47N3/c1-5-18-48(19-6-1)50-36-42-57(43-37-50)69(59-46-40-53(41-47-59)61-27-14-13-26-60(61)52-20-7-2-8-21-52)58-44-38-51(39-45-58)49-32-34-54(35-33-49)62-29-17-31-65-66(62)67-63-28-15-16-30-64(63)70(55-22-9-3-10-23-55)68(67)71(65)56-24-11-4-12-25-56/h1-47H. The van der Waals surface area contributed by atoms with Crippen LogP contribution in [0.5, 0.6) is 0 Å². The third kappa shape index (κ3) is 7.49. The van der Waals surface area contributed by atoms with Gasteiger partial charge in [-0.3, -0.25) is 9.13 Å². The average Bonchev–Trinajstić information content (AvgIpc) is 3.97. The monoisotopic (exact) mass is 905 g/mol. The molecule has 0 aliphatic rings. The molecule has 0 aliphatic heterocycles. The van der Waals surface area contributed by atoms with E-state index in [2.05, 4.69) is 299 Å². The van der Waals surface area contributed by atoms with E-state index in [9.17, 15) is 0 Å². The van der Waals surface area contributed by atoms with Crippen LogP contribution in [0.25, 0.3) is 99.8 Å². The maximum absolute atomic E-state index is 2.44.